The van der Waals surface area contributed by atoms with Crippen LogP contribution in [0.3, 0.4) is 0 Å². The molecule has 2 saturated heterocycles. The second kappa shape index (κ2) is 9.70. The molecule has 0 saturated carbocycles. The van der Waals surface area contributed by atoms with Crippen LogP contribution in [0.1, 0.15) is 12.7 Å². The summed E-state index contributed by atoms with van der Waals surface area (Å²) in [6.07, 6.45) is 0. The minimum atomic E-state index is 0.531. The van der Waals surface area contributed by atoms with E-state index in [0.717, 1.165) is 88.1 Å². The Hall–Kier alpha value is -2.26. The number of pyridine rings is 1. The summed E-state index contributed by atoms with van der Waals surface area (Å²) >= 11 is 0. The van der Waals surface area contributed by atoms with E-state index in [4.69, 9.17) is 14.7 Å². The van der Waals surface area contributed by atoms with Gasteiger partial charge in [0.05, 0.1) is 11.0 Å². The summed E-state index contributed by atoms with van der Waals surface area (Å²) in [5.74, 6) is 2.02. The lowest BCUT2D eigenvalue weighted by Crippen LogP contribution is -2.45. The van der Waals surface area contributed by atoms with Crippen LogP contribution in [0.25, 0.3) is 21.9 Å². The van der Waals surface area contributed by atoms with E-state index >= 15 is 0 Å². The largest absolute Gasteiger partial charge is 0.374 e. The molecule has 1 aromatic carbocycles. The van der Waals surface area contributed by atoms with E-state index in [0.29, 0.717) is 13.2 Å². The Morgan fingerprint density at radius 3 is 2.53 bits per heavy atom. The van der Waals surface area contributed by atoms with Crippen molar-refractivity contribution in [2.24, 2.45) is 0 Å². The number of likely N-dealkylation sites (N-methyl/N-ethyl adjacent to an activating group) is 1. The molecule has 0 bridgehead atoms. The zero-order valence-corrected chi connectivity index (χ0v) is 19.4. The molecule has 8 nitrogen and oxygen atoms in total. The molecule has 2 aliphatic rings. The predicted octanol–water partition coefficient (Wildman–Crippen LogP) is 1.78. The lowest BCUT2D eigenvalue weighted by Gasteiger charge is -2.33. The summed E-state index contributed by atoms with van der Waals surface area (Å²) in [6.45, 7) is 13.6. The third kappa shape index (κ3) is 4.32. The molecule has 2 aliphatic heterocycles. The number of imidazole rings is 1. The number of hydrogen-bond donors (Lipinski definition) is 1. The molecule has 2 fully saturated rings. The smallest absolute Gasteiger partial charge is 0.157 e. The Kier molecular flexibility index (Phi) is 6.54. The molecule has 0 atom stereocenters. The fraction of sp³-hybridized carbons (Fsp3) is 0.583. The third-order valence-electron chi connectivity index (χ3n) is 6.73. The average molecular weight is 438 g/mol. The summed E-state index contributed by atoms with van der Waals surface area (Å²) in [7, 11) is 2.19. The highest BCUT2D eigenvalue weighted by atomic mass is 16.5. The Morgan fingerprint density at radius 2 is 1.75 bits per heavy atom. The van der Waals surface area contributed by atoms with Gasteiger partial charge in [-0.15, -0.1) is 0 Å². The van der Waals surface area contributed by atoms with Crippen molar-refractivity contribution >= 4 is 27.8 Å². The number of ether oxygens (including phenoxy) is 1. The van der Waals surface area contributed by atoms with Crippen LogP contribution in [-0.4, -0.2) is 96.9 Å². The van der Waals surface area contributed by atoms with Crippen molar-refractivity contribution in [2.45, 2.75) is 20.1 Å². The van der Waals surface area contributed by atoms with Crippen molar-refractivity contribution < 1.29 is 4.74 Å². The van der Waals surface area contributed by atoms with E-state index in [-0.39, 0.29) is 0 Å². The summed E-state index contributed by atoms with van der Waals surface area (Å²) in [6, 6.07) is 8.50. The van der Waals surface area contributed by atoms with E-state index in [2.05, 4.69) is 55.9 Å². The summed E-state index contributed by atoms with van der Waals surface area (Å²) < 4.78 is 8.24. The van der Waals surface area contributed by atoms with Gasteiger partial charge in [-0.25, -0.2) is 9.97 Å². The van der Waals surface area contributed by atoms with Gasteiger partial charge in [-0.05, 0) is 20.0 Å². The molecule has 2 aromatic heterocycles. The van der Waals surface area contributed by atoms with Gasteiger partial charge in [0.1, 0.15) is 17.9 Å². The molecule has 8 heteroatoms. The van der Waals surface area contributed by atoms with Crippen molar-refractivity contribution in [2.75, 3.05) is 77.5 Å². The Labute approximate surface area is 190 Å². The standard InChI is InChI=1S/C24H35N7O/c1-3-32-18-21-27-22-23(31(21)17-14-29-10-8-25-9-11-29)19-6-4-5-7-20(19)26-24(22)30-15-12-28(2)13-16-30/h4-7,25H,3,8-18H2,1-2H3. The van der Waals surface area contributed by atoms with Crippen LogP contribution in [-0.2, 0) is 17.9 Å². The lowest BCUT2D eigenvalue weighted by molar-refractivity contribution is 0.125. The first-order valence-electron chi connectivity index (χ1n) is 12.0. The Balaban J connectivity index is 1.60. The molecule has 1 N–H and O–H groups in total. The second-order valence-electron chi connectivity index (χ2n) is 8.85. The monoisotopic (exact) mass is 437 g/mol. The number of hydrogen-bond acceptors (Lipinski definition) is 7. The van der Waals surface area contributed by atoms with Gasteiger partial charge in [-0.3, -0.25) is 4.90 Å². The summed E-state index contributed by atoms with van der Waals surface area (Å²) in [5, 5.41) is 4.63. The number of anilines is 1. The van der Waals surface area contributed by atoms with Crippen molar-refractivity contribution in [3.63, 3.8) is 0 Å². The van der Waals surface area contributed by atoms with E-state index in [1.165, 1.54) is 10.9 Å². The highest BCUT2D eigenvalue weighted by Crippen LogP contribution is 2.32. The maximum atomic E-state index is 5.85. The molecule has 172 valence electrons. The fourth-order valence-corrected chi connectivity index (χ4v) is 4.83. The first-order chi connectivity index (χ1) is 15.7. The maximum Gasteiger partial charge on any atom is 0.157 e. The van der Waals surface area contributed by atoms with Crippen LogP contribution in [0.5, 0.6) is 0 Å². The molecular weight excluding hydrogens is 402 g/mol. The highest BCUT2D eigenvalue weighted by Gasteiger charge is 2.24. The zero-order chi connectivity index (χ0) is 21.9. The number of nitrogens with zero attached hydrogens (tertiary/aromatic N) is 6. The van der Waals surface area contributed by atoms with Crippen molar-refractivity contribution in [1.29, 1.82) is 0 Å². The lowest BCUT2D eigenvalue weighted by atomic mass is 10.1. The zero-order valence-electron chi connectivity index (χ0n) is 19.4. The molecule has 0 unspecified atom stereocenters. The number of nitrogens with one attached hydrogen (secondary N) is 1. The molecule has 0 spiro atoms. The van der Waals surface area contributed by atoms with Gasteiger partial charge in [0.2, 0.25) is 0 Å². The number of benzene rings is 1. The molecule has 32 heavy (non-hydrogen) atoms. The Bertz CT molecular complexity index is 1050. The second-order valence-corrected chi connectivity index (χ2v) is 8.85. The summed E-state index contributed by atoms with van der Waals surface area (Å²) in [5.41, 5.74) is 3.26. The molecular formula is C24H35N7O. The minimum Gasteiger partial charge on any atom is -0.374 e. The summed E-state index contributed by atoms with van der Waals surface area (Å²) in [4.78, 5) is 17.6. The highest BCUT2D eigenvalue weighted by molar-refractivity contribution is 6.07. The van der Waals surface area contributed by atoms with E-state index in [1.807, 2.05) is 6.92 Å². The van der Waals surface area contributed by atoms with Crippen LogP contribution in [0.15, 0.2) is 24.3 Å². The van der Waals surface area contributed by atoms with Crippen LogP contribution in [0, 0.1) is 0 Å². The average Bonchev–Trinajstić information content (AvgIpc) is 3.20. The van der Waals surface area contributed by atoms with Crippen LogP contribution >= 0.6 is 0 Å². The van der Waals surface area contributed by atoms with Gasteiger partial charge in [0.15, 0.2) is 5.82 Å². The number of rotatable bonds is 7. The molecule has 0 radical (unpaired) electrons. The van der Waals surface area contributed by atoms with Gasteiger partial charge in [0.25, 0.3) is 0 Å². The molecule has 4 heterocycles. The molecule has 5 rings (SSSR count). The van der Waals surface area contributed by atoms with Crippen LogP contribution in [0.4, 0.5) is 5.82 Å². The van der Waals surface area contributed by atoms with Crippen LogP contribution in [0.2, 0.25) is 0 Å². The maximum absolute atomic E-state index is 5.85. The minimum absolute atomic E-state index is 0.531. The number of aromatic nitrogens is 3. The first-order valence-corrected chi connectivity index (χ1v) is 12.0. The number of para-hydroxylation sites is 1. The van der Waals surface area contributed by atoms with Crippen LogP contribution < -0.4 is 10.2 Å². The van der Waals surface area contributed by atoms with Gasteiger partial charge in [-0.2, -0.15) is 0 Å². The van der Waals surface area contributed by atoms with Crippen molar-refractivity contribution in [3.8, 4) is 0 Å². The van der Waals surface area contributed by atoms with Gasteiger partial charge < -0.3 is 24.4 Å². The number of fused-ring (bicyclic) bond motifs is 3. The molecule has 0 aliphatic carbocycles. The SMILES string of the molecule is CCOCc1nc2c(N3CCN(C)CC3)nc3ccccc3c2n1CCN1CCNCC1. The van der Waals surface area contributed by atoms with E-state index in [1.54, 1.807) is 0 Å². The van der Waals surface area contributed by atoms with Gasteiger partial charge in [-0.1, -0.05) is 18.2 Å². The van der Waals surface area contributed by atoms with Crippen molar-refractivity contribution in [1.82, 2.24) is 29.7 Å². The number of piperazine rings is 2. The van der Waals surface area contributed by atoms with Gasteiger partial charge >= 0.3 is 0 Å². The molecule has 0 amide bonds. The van der Waals surface area contributed by atoms with E-state index < -0.39 is 0 Å². The third-order valence-corrected chi connectivity index (χ3v) is 6.73. The first kappa shape index (κ1) is 21.6. The topological polar surface area (TPSA) is 61.7 Å². The van der Waals surface area contributed by atoms with E-state index in [9.17, 15) is 0 Å². The van der Waals surface area contributed by atoms with Gasteiger partial charge in [0, 0.05) is 77.4 Å². The predicted molar refractivity (Wildman–Crippen MR) is 129 cm³/mol. The Morgan fingerprint density at radius 1 is 0.969 bits per heavy atom. The molecule has 3 aromatic rings. The van der Waals surface area contributed by atoms with Crippen molar-refractivity contribution in [3.05, 3.63) is 30.1 Å². The fourth-order valence-electron chi connectivity index (χ4n) is 4.83. The normalized spacial score (nSPS) is 18.8. The quantitative estimate of drug-likeness (QED) is 0.605.